The first-order valence-corrected chi connectivity index (χ1v) is 4.80. The summed E-state index contributed by atoms with van der Waals surface area (Å²) in [6, 6.07) is 0. The van der Waals surface area contributed by atoms with Gasteiger partial charge < -0.3 is 5.32 Å². The van der Waals surface area contributed by atoms with Gasteiger partial charge in [-0.05, 0) is 18.0 Å². The van der Waals surface area contributed by atoms with E-state index in [1.807, 2.05) is 0 Å². The fraction of sp³-hybridized carbons (Fsp3) is 0.625. The fourth-order valence-corrected chi connectivity index (χ4v) is 1.09. The van der Waals surface area contributed by atoms with Gasteiger partial charge in [-0.1, -0.05) is 19.8 Å². The normalized spacial score (nSPS) is 10.0. The quantitative estimate of drug-likeness (QED) is 0.740. The van der Waals surface area contributed by atoms with Crippen LogP contribution in [0.5, 0.6) is 0 Å². The summed E-state index contributed by atoms with van der Waals surface area (Å²) < 4.78 is 0. The average Bonchev–Trinajstić information content (AvgIpc) is 2.13. The van der Waals surface area contributed by atoms with Crippen LogP contribution in [0.2, 0.25) is 5.28 Å². The van der Waals surface area contributed by atoms with Crippen molar-refractivity contribution >= 4 is 17.4 Å². The van der Waals surface area contributed by atoms with E-state index in [0.29, 0.717) is 5.82 Å². The van der Waals surface area contributed by atoms with Crippen LogP contribution in [-0.4, -0.2) is 21.7 Å². The Kier molecular flexibility index (Phi) is 4.46. The second-order valence-corrected chi connectivity index (χ2v) is 3.08. The summed E-state index contributed by atoms with van der Waals surface area (Å²) >= 11 is 5.56. The first-order valence-electron chi connectivity index (χ1n) is 4.42. The van der Waals surface area contributed by atoms with Crippen LogP contribution in [-0.2, 0) is 0 Å². The minimum atomic E-state index is 0.181. The molecule has 13 heavy (non-hydrogen) atoms. The minimum absolute atomic E-state index is 0.181. The van der Waals surface area contributed by atoms with E-state index in [1.54, 1.807) is 6.20 Å². The molecule has 1 aromatic heterocycles. The van der Waals surface area contributed by atoms with E-state index < -0.39 is 0 Å². The number of nitrogens with zero attached hydrogens (tertiary/aromatic N) is 3. The molecule has 1 N–H and O–H groups in total. The maximum absolute atomic E-state index is 5.56. The Hall–Kier alpha value is -0.900. The molecule has 4 nitrogen and oxygen atoms in total. The maximum atomic E-state index is 5.56. The van der Waals surface area contributed by atoms with Gasteiger partial charge in [0.05, 0.1) is 6.20 Å². The van der Waals surface area contributed by atoms with E-state index in [2.05, 4.69) is 27.4 Å². The third-order valence-electron chi connectivity index (χ3n) is 1.62. The largest absolute Gasteiger partial charge is 0.369 e. The smallest absolute Gasteiger partial charge is 0.244 e. The van der Waals surface area contributed by atoms with Crippen LogP contribution < -0.4 is 5.32 Å². The van der Waals surface area contributed by atoms with Gasteiger partial charge in [-0.15, -0.1) is 5.10 Å². The number of hydrogen-bond acceptors (Lipinski definition) is 4. The molecule has 1 rings (SSSR count). The Morgan fingerprint density at radius 2 is 2.31 bits per heavy atom. The second-order valence-electron chi connectivity index (χ2n) is 2.74. The van der Waals surface area contributed by atoms with Crippen molar-refractivity contribution in [3.63, 3.8) is 0 Å². The van der Waals surface area contributed by atoms with Gasteiger partial charge in [0.15, 0.2) is 0 Å². The van der Waals surface area contributed by atoms with Gasteiger partial charge in [0, 0.05) is 6.54 Å². The lowest BCUT2D eigenvalue weighted by molar-refractivity contribution is 0.741. The fourth-order valence-electron chi connectivity index (χ4n) is 0.958. The summed E-state index contributed by atoms with van der Waals surface area (Å²) in [5, 5.41) is 10.5. The van der Waals surface area contributed by atoms with Crippen molar-refractivity contribution in [2.24, 2.45) is 0 Å². The van der Waals surface area contributed by atoms with Crippen LogP contribution in [0.1, 0.15) is 26.2 Å². The van der Waals surface area contributed by atoms with E-state index in [9.17, 15) is 0 Å². The highest BCUT2D eigenvalue weighted by Crippen LogP contribution is 2.04. The van der Waals surface area contributed by atoms with Gasteiger partial charge in [0.25, 0.3) is 0 Å². The Labute approximate surface area is 82.7 Å². The number of aromatic nitrogens is 3. The minimum Gasteiger partial charge on any atom is -0.369 e. The highest BCUT2D eigenvalue weighted by Gasteiger charge is 1.95. The lowest BCUT2D eigenvalue weighted by Gasteiger charge is -2.02. The SMILES string of the molecule is CCCCCNc1cnnc(Cl)n1. The van der Waals surface area contributed by atoms with Crippen molar-refractivity contribution in [3.05, 3.63) is 11.5 Å². The molecule has 0 bridgehead atoms. The van der Waals surface area contributed by atoms with E-state index in [1.165, 1.54) is 12.8 Å². The van der Waals surface area contributed by atoms with Crippen molar-refractivity contribution in [2.75, 3.05) is 11.9 Å². The number of anilines is 1. The summed E-state index contributed by atoms with van der Waals surface area (Å²) in [6.07, 6.45) is 5.14. The van der Waals surface area contributed by atoms with Crippen LogP contribution in [0.3, 0.4) is 0 Å². The number of halogens is 1. The van der Waals surface area contributed by atoms with Crippen LogP contribution in [0.15, 0.2) is 6.20 Å². The van der Waals surface area contributed by atoms with Gasteiger partial charge in [0.1, 0.15) is 5.82 Å². The van der Waals surface area contributed by atoms with Crippen molar-refractivity contribution < 1.29 is 0 Å². The molecule has 0 saturated carbocycles. The van der Waals surface area contributed by atoms with Crippen molar-refractivity contribution in [2.45, 2.75) is 26.2 Å². The zero-order chi connectivity index (χ0) is 9.52. The van der Waals surface area contributed by atoms with E-state index in [-0.39, 0.29) is 5.28 Å². The zero-order valence-corrected chi connectivity index (χ0v) is 8.38. The molecule has 0 unspecified atom stereocenters. The van der Waals surface area contributed by atoms with Crippen LogP contribution in [0.4, 0.5) is 5.82 Å². The van der Waals surface area contributed by atoms with Gasteiger partial charge in [-0.3, -0.25) is 0 Å². The number of hydrogen-bond donors (Lipinski definition) is 1. The first kappa shape index (κ1) is 10.2. The molecule has 0 aliphatic heterocycles. The van der Waals surface area contributed by atoms with Crippen molar-refractivity contribution in [1.29, 1.82) is 0 Å². The average molecular weight is 201 g/mol. The molecule has 0 aliphatic rings. The van der Waals surface area contributed by atoms with Gasteiger partial charge in [-0.2, -0.15) is 10.1 Å². The molecule has 1 heterocycles. The summed E-state index contributed by atoms with van der Waals surface area (Å²) in [5.74, 6) is 0.691. The summed E-state index contributed by atoms with van der Waals surface area (Å²) in [4.78, 5) is 3.95. The third-order valence-corrected chi connectivity index (χ3v) is 1.78. The predicted molar refractivity (Wildman–Crippen MR) is 52.9 cm³/mol. The molecule has 0 atom stereocenters. The summed E-state index contributed by atoms with van der Waals surface area (Å²) in [7, 11) is 0. The highest BCUT2D eigenvalue weighted by molar-refractivity contribution is 6.28. The zero-order valence-electron chi connectivity index (χ0n) is 7.63. The standard InChI is InChI=1S/C8H13ClN4/c1-2-3-4-5-10-7-6-11-13-8(9)12-7/h6H,2-5H2,1H3,(H,10,12,13). The monoisotopic (exact) mass is 200 g/mol. The van der Waals surface area contributed by atoms with Crippen LogP contribution in [0.25, 0.3) is 0 Å². The summed E-state index contributed by atoms with van der Waals surface area (Å²) in [6.45, 7) is 3.08. The molecule has 1 aromatic rings. The second kappa shape index (κ2) is 5.70. The number of nitrogens with one attached hydrogen (secondary N) is 1. The highest BCUT2D eigenvalue weighted by atomic mass is 35.5. The Morgan fingerprint density at radius 1 is 1.46 bits per heavy atom. The molecule has 0 saturated heterocycles. The molecule has 0 aromatic carbocycles. The number of rotatable bonds is 5. The lowest BCUT2D eigenvalue weighted by atomic mass is 10.2. The van der Waals surface area contributed by atoms with Gasteiger partial charge in [-0.25, -0.2) is 0 Å². The topological polar surface area (TPSA) is 50.7 Å². The Balaban J connectivity index is 2.28. The van der Waals surface area contributed by atoms with E-state index >= 15 is 0 Å². The van der Waals surface area contributed by atoms with Crippen molar-refractivity contribution in [3.8, 4) is 0 Å². The molecule has 72 valence electrons. The van der Waals surface area contributed by atoms with Crippen LogP contribution in [0, 0.1) is 0 Å². The molecular formula is C8H13ClN4. The Bertz CT molecular complexity index is 254. The van der Waals surface area contributed by atoms with E-state index in [4.69, 9.17) is 11.6 Å². The predicted octanol–water partition coefficient (Wildman–Crippen LogP) is 2.13. The van der Waals surface area contributed by atoms with Gasteiger partial charge in [0.2, 0.25) is 5.28 Å². The maximum Gasteiger partial charge on any atom is 0.244 e. The number of unbranched alkanes of at least 4 members (excludes halogenated alkanes) is 2. The summed E-state index contributed by atoms with van der Waals surface area (Å²) in [5.41, 5.74) is 0. The molecule has 0 fully saturated rings. The van der Waals surface area contributed by atoms with E-state index in [0.717, 1.165) is 13.0 Å². The molecular weight excluding hydrogens is 188 g/mol. The molecule has 5 heteroatoms. The third kappa shape index (κ3) is 4.03. The first-order chi connectivity index (χ1) is 6.33. The molecule has 0 amide bonds. The molecule has 0 radical (unpaired) electrons. The molecule has 0 aliphatic carbocycles. The lowest BCUT2D eigenvalue weighted by Crippen LogP contribution is -2.04. The van der Waals surface area contributed by atoms with Crippen LogP contribution >= 0.6 is 11.6 Å². The van der Waals surface area contributed by atoms with Gasteiger partial charge >= 0.3 is 0 Å². The van der Waals surface area contributed by atoms with Crippen molar-refractivity contribution in [1.82, 2.24) is 15.2 Å². The molecule has 0 spiro atoms. The Morgan fingerprint density at radius 3 is 3.00 bits per heavy atom.